The Labute approximate surface area is 165 Å². The minimum absolute atomic E-state index is 0.274. The van der Waals surface area contributed by atoms with Crippen molar-refractivity contribution in [3.8, 4) is 0 Å². The second-order valence-corrected chi connectivity index (χ2v) is 7.42. The molecule has 3 aromatic rings. The Bertz CT molecular complexity index is 1090. The molecule has 1 aliphatic heterocycles. The summed E-state index contributed by atoms with van der Waals surface area (Å²) in [6.45, 7) is 0. The fraction of sp³-hybridized carbons (Fsp3) is 0. The molecule has 0 spiro atoms. The Morgan fingerprint density at radius 1 is 1.07 bits per heavy atom. The summed E-state index contributed by atoms with van der Waals surface area (Å²) in [6, 6.07) is 18.5. The van der Waals surface area contributed by atoms with Gasteiger partial charge in [0.05, 0.1) is 10.6 Å². The van der Waals surface area contributed by atoms with Crippen LogP contribution in [0, 0.1) is 0 Å². The van der Waals surface area contributed by atoms with Crippen LogP contribution in [0.25, 0.3) is 16.8 Å². The van der Waals surface area contributed by atoms with E-state index < -0.39 is 0 Å². The first kappa shape index (κ1) is 17.4. The minimum atomic E-state index is -0.387. The van der Waals surface area contributed by atoms with Gasteiger partial charge in [0.15, 0.2) is 4.32 Å². The van der Waals surface area contributed by atoms with E-state index in [2.05, 4.69) is 10.4 Å². The van der Waals surface area contributed by atoms with Crippen molar-refractivity contribution < 1.29 is 9.59 Å². The molecule has 5 nitrogen and oxygen atoms in total. The van der Waals surface area contributed by atoms with E-state index in [0.717, 1.165) is 27.5 Å². The number of hydrogen-bond acceptors (Lipinski definition) is 5. The molecule has 0 saturated carbocycles. The number of pyridine rings is 1. The zero-order chi connectivity index (χ0) is 18.8. The molecule has 7 heteroatoms. The average molecular weight is 391 g/mol. The molecular weight excluding hydrogens is 378 g/mol. The first-order valence-corrected chi connectivity index (χ1v) is 9.34. The van der Waals surface area contributed by atoms with Gasteiger partial charge in [0.2, 0.25) is 0 Å². The number of aromatic nitrogens is 1. The van der Waals surface area contributed by atoms with Crippen molar-refractivity contribution in [2.75, 3.05) is 0 Å². The second kappa shape index (κ2) is 7.30. The molecule has 1 fully saturated rings. The molecule has 1 N–H and O–H groups in total. The normalized spacial score (nSPS) is 15.6. The minimum Gasteiger partial charge on any atom is -0.267 e. The maximum absolute atomic E-state index is 12.8. The average Bonchev–Trinajstić information content (AvgIpc) is 2.95. The van der Waals surface area contributed by atoms with Gasteiger partial charge in [-0.05, 0) is 47.3 Å². The third kappa shape index (κ3) is 3.47. The molecule has 4 rings (SSSR count). The second-order valence-electron chi connectivity index (χ2n) is 5.74. The van der Waals surface area contributed by atoms with Crippen LogP contribution < -0.4 is 5.43 Å². The topological polar surface area (TPSA) is 62.3 Å². The first-order valence-electron chi connectivity index (χ1n) is 8.11. The van der Waals surface area contributed by atoms with E-state index in [4.69, 9.17) is 12.2 Å². The molecule has 2 heterocycles. The Balaban J connectivity index is 1.59. The third-order valence-electron chi connectivity index (χ3n) is 4.01. The van der Waals surface area contributed by atoms with Crippen molar-refractivity contribution in [1.82, 2.24) is 15.4 Å². The largest absolute Gasteiger partial charge is 0.285 e. The Morgan fingerprint density at radius 3 is 2.67 bits per heavy atom. The van der Waals surface area contributed by atoms with Gasteiger partial charge in [0, 0.05) is 11.8 Å². The van der Waals surface area contributed by atoms with E-state index in [1.807, 2.05) is 42.5 Å². The molecule has 1 aliphatic rings. The standard InChI is InChI=1S/C20H13N3O2S2/c24-18(16-10-5-7-13-6-1-2-9-15(13)16)22-23-19(25)17(27-20(23)26)12-14-8-3-4-11-21-14/h1-12H,(H,22,24)/b17-12+. The summed E-state index contributed by atoms with van der Waals surface area (Å²) < 4.78 is 0.274. The third-order valence-corrected chi connectivity index (χ3v) is 5.31. The SMILES string of the molecule is O=C(NN1C(=O)/C(=C\c2ccccn2)SC1=S)c1cccc2ccccc12. The molecule has 1 saturated heterocycles. The van der Waals surface area contributed by atoms with Gasteiger partial charge in [-0.2, -0.15) is 5.01 Å². The van der Waals surface area contributed by atoms with E-state index in [-0.39, 0.29) is 16.1 Å². The lowest BCUT2D eigenvalue weighted by Crippen LogP contribution is -2.44. The van der Waals surface area contributed by atoms with Gasteiger partial charge in [-0.1, -0.05) is 54.2 Å². The summed E-state index contributed by atoms with van der Waals surface area (Å²) in [7, 11) is 0. The number of carbonyl (C=O) groups is 2. The molecule has 27 heavy (non-hydrogen) atoms. The molecule has 0 atom stereocenters. The molecule has 0 bridgehead atoms. The number of thiocarbonyl (C=S) groups is 1. The number of hydrazine groups is 1. The van der Waals surface area contributed by atoms with E-state index >= 15 is 0 Å². The van der Waals surface area contributed by atoms with Crippen LogP contribution in [0.1, 0.15) is 16.1 Å². The van der Waals surface area contributed by atoms with Crippen LogP contribution in [0.15, 0.2) is 71.8 Å². The Morgan fingerprint density at radius 2 is 1.85 bits per heavy atom. The van der Waals surface area contributed by atoms with Gasteiger partial charge in [-0.25, -0.2) is 0 Å². The number of nitrogens with one attached hydrogen (secondary N) is 1. The lowest BCUT2D eigenvalue weighted by Gasteiger charge is -2.16. The highest BCUT2D eigenvalue weighted by Crippen LogP contribution is 2.31. The van der Waals surface area contributed by atoms with E-state index in [0.29, 0.717) is 16.2 Å². The van der Waals surface area contributed by atoms with Crippen LogP contribution in [0.5, 0.6) is 0 Å². The molecule has 132 valence electrons. The molecule has 2 amide bonds. The molecule has 0 radical (unpaired) electrons. The first-order chi connectivity index (χ1) is 13.1. The smallest absolute Gasteiger partial charge is 0.267 e. The van der Waals surface area contributed by atoms with Crippen molar-refractivity contribution in [2.24, 2.45) is 0 Å². The predicted octanol–water partition coefficient (Wildman–Crippen LogP) is 3.78. The molecular formula is C20H13N3O2S2. The number of carbonyl (C=O) groups excluding carboxylic acids is 2. The molecule has 2 aromatic carbocycles. The van der Waals surface area contributed by atoms with Gasteiger partial charge in [-0.15, -0.1) is 0 Å². The van der Waals surface area contributed by atoms with Crippen LogP contribution >= 0.6 is 24.0 Å². The monoisotopic (exact) mass is 391 g/mol. The predicted molar refractivity (Wildman–Crippen MR) is 111 cm³/mol. The molecule has 0 unspecified atom stereocenters. The van der Waals surface area contributed by atoms with E-state index in [9.17, 15) is 9.59 Å². The maximum atomic E-state index is 12.8. The quantitative estimate of drug-likeness (QED) is 0.544. The zero-order valence-electron chi connectivity index (χ0n) is 14.0. The summed E-state index contributed by atoms with van der Waals surface area (Å²) >= 11 is 6.40. The number of hydrogen-bond donors (Lipinski definition) is 1. The van der Waals surface area contributed by atoms with Crippen LogP contribution in [0.4, 0.5) is 0 Å². The summed E-state index contributed by atoms with van der Waals surface area (Å²) in [5.41, 5.74) is 3.76. The van der Waals surface area contributed by atoms with Crippen LogP contribution in [-0.4, -0.2) is 26.1 Å². The van der Waals surface area contributed by atoms with Crippen molar-refractivity contribution in [3.05, 3.63) is 83.0 Å². The lowest BCUT2D eigenvalue weighted by atomic mass is 10.0. The number of thioether (sulfide) groups is 1. The molecule has 0 aliphatic carbocycles. The fourth-order valence-corrected chi connectivity index (χ4v) is 3.91. The van der Waals surface area contributed by atoms with Gasteiger partial charge in [-0.3, -0.25) is 20.0 Å². The van der Waals surface area contributed by atoms with Crippen molar-refractivity contribution >= 4 is 57.0 Å². The van der Waals surface area contributed by atoms with Crippen molar-refractivity contribution in [3.63, 3.8) is 0 Å². The van der Waals surface area contributed by atoms with Gasteiger partial charge >= 0.3 is 0 Å². The number of fused-ring (bicyclic) bond motifs is 1. The fourth-order valence-electron chi connectivity index (χ4n) is 2.74. The Hall–Kier alpha value is -3.03. The summed E-state index contributed by atoms with van der Waals surface area (Å²) in [6.07, 6.45) is 3.30. The highest BCUT2D eigenvalue weighted by molar-refractivity contribution is 8.26. The number of nitrogens with zero attached hydrogens (tertiary/aromatic N) is 2. The Kier molecular flexibility index (Phi) is 4.70. The highest BCUT2D eigenvalue weighted by atomic mass is 32.2. The van der Waals surface area contributed by atoms with E-state index in [1.54, 1.807) is 30.5 Å². The number of rotatable bonds is 3. The summed E-state index contributed by atoms with van der Waals surface area (Å²) in [4.78, 5) is 30.0. The van der Waals surface area contributed by atoms with Crippen LogP contribution in [0.2, 0.25) is 0 Å². The van der Waals surface area contributed by atoms with Crippen molar-refractivity contribution in [2.45, 2.75) is 0 Å². The van der Waals surface area contributed by atoms with E-state index in [1.165, 1.54) is 0 Å². The van der Waals surface area contributed by atoms with Gasteiger partial charge in [0.1, 0.15) is 0 Å². The maximum Gasteiger partial charge on any atom is 0.285 e. The van der Waals surface area contributed by atoms with Crippen molar-refractivity contribution in [1.29, 1.82) is 0 Å². The van der Waals surface area contributed by atoms with Gasteiger partial charge in [0.25, 0.3) is 11.8 Å². The lowest BCUT2D eigenvalue weighted by molar-refractivity contribution is -0.123. The summed E-state index contributed by atoms with van der Waals surface area (Å²) in [5, 5.41) is 2.87. The van der Waals surface area contributed by atoms with Gasteiger partial charge < -0.3 is 0 Å². The highest BCUT2D eigenvalue weighted by Gasteiger charge is 2.34. The molecule has 1 aromatic heterocycles. The van der Waals surface area contributed by atoms with Crippen LogP contribution in [0.3, 0.4) is 0 Å². The zero-order valence-corrected chi connectivity index (χ0v) is 15.6. The number of amides is 2. The van der Waals surface area contributed by atoms with Crippen LogP contribution in [-0.2, 0) is 4.79 Å². The summed E-state index contributed by atoms with van der Waals surface area (Å²) in [5.74, 6) is -0.758. The number of benzene rings is 2.